The Kier molecular flexibility index (Phi) is 8.40. The van der Waals surface area contributed by atoms with Crippen LogP contribution >= 0.6 is 0 Å². The fraction of sp³-hybridized carbons (Fsp3) is 0.444. The van der Waals surface area contributed by atoms with E-state index in [0.717, 1.165) is 37.0 Å². The largest absolute Gasteiger partial charge is 0.415 e. The molecule has 1 heterocycles. The molecule has 1 N–H and O–H groups in total. The highest BCUT2D eigenvalue weighted by molar-refractivity contribution is 5.89. The number of carbonyl (C=O) groups is 2. The van der Waals surface area contributed by atoms with E-state index >= 15 is 0 Å². The first kappa shape index (κ1) is 25.5. The number of rotatable bonds is 5. The summed E-state index contributed by atoms with van der Waals surface area (Å²) in [5, 5.41) is 6.97. The number of amides is 3. The van der Waals surface area contributed by atoms with Gasteiger partial charge < -0.3 is 24.7 Å². The second kappa shape index (κ2) is 11.9. The third-order valence-electron chi connectivity index (χ3n) is 6.65. The molecule has 36 heavy (non-hydrogen) atoms. The third kappa shape index (κ3) is 6.74. The van der Waals surface area contributed by atoms with Crippen LogP contribution in [0.1, 0.15) is 50.0 Å². The molecule has 1 aliphatic carbocycles. The molecular formula is C27H33FN4O4. The number of para-hydroxylation sites is 1. The molecule has 0 spiro atoms. The maximum absolute atomic E-state index is 14.5. The zero-order valence-electron chi connectivity index (χ0n) is 20.8. The lowest BCUT2D eigenvalue weighted by molar-refractivity contribution is 0.0134. The number of hydrogen-bond acceptors (Lipinski definition) is 5. The van der Waals surface area contributed by atoms with Crippen molar-refractivity contribution in [3.63, 3.8) is 0 Å². The zero-order valence-corrected chi connectivity index (χ0v) is 20.8. The van der Waals surface area contributed by atoms with Crippen molar-refractivity contribution in [1.82, 2.24) is 9.80 Å². The number of halogens is 1. The number of oxime groups is 1. The molecule has 4 rings (SSSR count). The van der Waals surface area contributed by atoms with E-state index in [1.165, 1.54) is 11.0 Å². The maximum Gasteiger partial charge on any atom is 0.415 e. The van der Waals surface area contributed by atoms with Gasteiger partial charge in [0.25, 0.3) is 0 Å². The minimum Gasteiger partial charge on any atom is -0.410 e. The predicted octanol–water partition coefficient (Wildman–Crippen LogP) is 5.61. The molecule has 8 nitrogen and oxygen atoms in total. The van der Waals surface area contributed by atoms with Crippen LogP contribution in [0.25, 0.3) is 0 Å². The Morgan fingerprint density at radius 1 is 1.03 bits per heavy atom. The average Bonchev–Trinajstić information content (AvgIpc) is 2.89. The number of ether oxygens (including phenoxy) is 1. The Bertz CT molecular complexity index is 1070. The van der Waals surface area contributed by atoms with Crippen LogP contribution in [0.3, 0.4) is 0 Å². The standard InChI is InChI=1S/C27H33FN4O4/c1-31(2)26(33)29-25-13-10-20(18-24(25)28)19-8-11-21(12-9-19)30-36-23-14-16-32(17-15-23)27(34)35-22-6-4-3-5-7-22/h3-7,10,13,18-19,23H,8-9,11-12,14-17H2,1-2H3,(H,29,33). The van der Waals surface area contributed by atoms with Gasteiger partial charge in [0.05, 0.1) is 11.4 Å². The van der Waals surface area contributed by atoms with Gasteiger partial charge in [0.2, 0.25) is 0 Å². The molecule has 0 bridgehead atoms. The molecule has 1 saturated carbocycles. The van der Waals surface area contributed by atoms with Crippen molar-refractivity contribution in [3.05, 3.63) is 59.9 Å². The van der Waals surface area contributed by atoms with Gasteiger partial charge in [0, 0.05) is 40.0 Å². The molecule has 3 amide bonds. The van der Waals surface area contributed by atoms with Crippen LogP contribution in [0, 0.1) is 5.82 Å². The van der Waals surface area contributed by atoms with Gasteiger partial charge in [-0.05, 0) is 61.4 Å². The smallest absolute Gasteiger partial charge is 0.410 e. The van der Waals surface area contributed by atoms with E-state index in [9.17, 15) is 14.0 Å². The summed E-state index contributed by atoms with van der Waals surface area (Å²) in [5.41, 5.74) is 2.14. The molecule has 2 aromatic carbocycles. The Hall–Kier alpha value is -3.62. The monoisotopic (exact) mass is 496 g/mol. The summed E-state index contributed by atoms with van der Waals surface area (Å²) in [6, 6.07) is 13.7. The minimum atomic E-state index is -0.426. The van der Waals surface area contributed by atoms with Crippen molar-refractivity contribution < 1.29 is 23.6 Å². The van der Waals surface area contributed by atoms with Gasteiger partial charge in [-0.25, -0.2) is 14.0 Å². The number of urea groups is 1. The fourth-order valence-corrected chi connectivity index (χ4v) is 4.44. The summed E-state index contributed by atoms with van der Waals surface area (Å²) in [6.45, 7) is 1.14. The number of anilines is 1. The molecule has 0 radical (unpaired) electrons. The number of hydrogen-bond donors (Lipinski definition) is 1. The second-order valence-corrected chi connectivity index (χ2v) is 9.47. The Labute approximate surface area is 211 Å². The number of benzene rings is 2. The fourth-order valence-electron chi connectivity index (χ4n) is 4.44. The number of piperidine rings is 1. The lowest BCUT2D eigenvalue weighted by Gasteiger charge is -2.30. The van der Waals surface area contributed by atoms with E-state index in [-0.39, 0.29) is 29.8 Å². The van der Waals surface area contributed by atoms with Crippen molar-refractivity contribution in [2.45, 2.75) is 50.5 Å². The van der Waals surface area contributed by atoms with Crippen LogP contribution in [0.2, 0.25) is 0 Å². The summed E-state index contributed by atoms with van der Waals surface area (Å²) in [5.74, 6) is 0.359. The Morgan fingerprint density at radius 3 is 2.36 bits per heavy atom. The van der Waals surface area contributed by atoms with Crippen molar-refractivity contribution in [1.29, 1.82) is 0 Å². The van der Waals surface area contributed by atoms with E-state index < -0.39 is 5.82 Å². The van der Waals surface area contributed by atoms with Crippen LogP contribution in [0.5, 0.6) is 5.75 Å². The molecule has 1 aliphatic heterocycles. The normalized spacial score (nSPS) is 18.4. The summed E-state index contributed by atoms with van der Waals surface area (Å²) < 4.78 is 19.9. The van der Waals surface area contributed by atoms with Crippen LogP contribution in [-0.4, -0.2) is 60.9 Å². The van der Waals surface area contributed by atoms with Gasteiger partial charge in [0.15, 0.2) is 0 Å². The van der Waals surface area contributed by atoms with Crippen molar-refractivity contribution in [2.75, 3.05) is 32.5 Å². The van der Waals surface area contributed by atoms with Gasteiger partial charge >= 0.3 is 12.1 Å². The van der Waals surface area contributed by atoms with E-state index in [4.69, 9.17) is 9.57 Å². The van der Waals surface area contributed by atoms with Crippen LogP contribution in [0.4, 0.5) is 19.7 Å². The van der Waals surface area contributed by atoms with Gasteiger partial charge in [0.1, 0.15) is 17.7 Å². The number of nitrogens with one attached hydrogen (secondary N) is 1. The topological polar surface area (TPSA) is 83.5 Å². The zero-order chi connectivity index (χ0) is 25.5. The summed E-state index contributed by atoms with van der Waals surface area (Å²) in [4.78, 5) is 33.0. The van der Waals surface area contributed by atoms with Gasteiger partial charge in [-0.1, -0.05) is 29.4 Å². The molecule has 9 heteroatoms. The van der Waals surface area contributed by atoms with Crippen molar-refractivity contribution >= 4 is 23.5 Å². The first-order valence-electron chi connectivity index (χ1n) is 12.4. The lowest BCUT2D eigenvalue weighted by Crippen LogP contribution is -2.42. The average molecular weight is 497 g/mol. The molecule has 1 saturated heterocycles. The third-order valence-corrected chi connectivity index (χ3v) is 6.65. The Balaban J connectivity index is 1.20. The number of nitrogens with zero attached hydrogens (tertiary/aromatic N) is 3. The molecule has 0 aromatic heterocycles. The van der Waals surface area contributed by atoms with E-state index in [1.54, 1.807) is 37.2 Å². The van der Waals surface area contributed by atoms with Crippen LogP contribution in [0.15, 0.2) is 53.7 Å². The van der Waals surface area contributed by atoms with Crippen molar-refractivity contribution in [3.8, 4) is 5.75 Å². The first-order chi connectivity index (χ1) is 17.4. The lowest BCUT2D eigenvalue weighted by atomic mass is 9.83. The van der Waals surface area contributed by atoms with E-state index in [2.05, 4.69) is 10.5 Å². The number of carbonyl (C=O) groups excluding carboxylic acids is 2. The molecule has 192 valence electrons. The molecule has 0 unspecified atom stereocenters. The predicted molar refractivity (Wildman–Crippen MR) is 136 cm³/mol. The summed E-state index contributed by atoms with van der Waals surface area (Å²) in [7, 11) is 3.22. The maximum atomic E-state index is 14.5. The van der Waals surface area contributed by atoms with E-state index in [0.29, 0.717) is 31.7 Å². The van der Waals surface area contributed by atoms with E-state index in [1.807, 2.05) is 24.3 Å². The van der Waals surface area contributed by atoms with Gasteiger partial charge in [-0.2, -0.15) is 0 Å². The second-order valence-electron chi connectivity index (χ2n) is 9.47. The Morgan fingerprint density at radius 2 is 1.72 bits per heavy atom. The van der Waals surface area contributed by atoms with Gasteiger partial charge in [-0.3, -0.25) is 0 Å². The molecule has 0 atom stereocenters. The number of likely N-dealkylation sites (tertiary alicyclic amines) is 1. The summed E-state index contributed by atoms with van der Waals surface area (Å²) >= 11 is 0. The molecular weight excluding hydrogens is 463 g/mol. The van der Waals surface area contributed by atoms with Crippen molar-refractivity contribution in [2.24, 2.45) is 5.16 Å². The minimum absolute atomic E-state index is 0.0185. The first-order valence-corrected chi connectivity index (χ1v) is 12.4. The van der Waals surface area contributed by atoms with Crippen LogP contribution < -0.4 is 10.1 Å². The SMILES string of the molecule is CN(C)C(=O)Nc1ccc(C2CCC(=NOC3CCN(C(=O)Oc4ccccc4)CC3)CC2)cc1F. The summed E-state index contributed by atoms with van der Waals surface area (Å²) in [6.07, 6.45) is 4.40. The molecule has 2 aliphatic rings. The molecule has 2 aromatic rings. The van der Waals surface area contributed by atoms with Gasteiger partial charge in [-0.15, -0.1) is 0 Å². The van der Waals surface area contributed by atoms with Crippen LogP contribution in [-0.2, 0) is 4.84 Å². The highest BCUT2D eigenvalue weighted by Gasteiger charge is 2.26. The highest BCUT2D eigenvalue weighted by Crippen LogP contribution is 2.33. The molecule has 2 fully saturated rings. The highest BCUT2D eigenvalue weighted by atomic mass is 19.1. The quantitative estimate of drug-likeness (QED) is 0.545.